The molecule has 1 N–H and O–H groups in total. The highest BCUT2D eigenvalue weighted by atomic mass is 35.5. The molecule has 5 heteroatoms. The van der Waals surface area contributed by atoms with Gasteiger partial charge in [-0.25, -0.2) is 0 Å². The van der Waals surface area contributed by atoms with Gasteiger partial charge in [0.05, 0.1) is 0 Å². The third kappa shape index (κ3) is 4.75. The van der Waals surface area contributed by atoms with E-state index in [4.69, 9.17) is 4.74 Å². The summed E-state index contributed by atoms with van der Waals surface area (Å²) in [7, 11) is 1.69. The summed E-state index contributed by atoms with van der Waals surface area (Å²) in [6.45, 7) is 2.71. The second-order valence-corrected chi connectivity index (χ2v) is 5.17. The molecule has 0 radical (unpaired) electrons. The van der Waals surface area contributed by atoms with Crippen molar-refractivity contribution < 1.29 is 9.53 Å². The Morgan fingerprint density at radius 1 is 1.39 bits per heavy atom. The fourth-order valence-corrected chi connectivity index (χ4v) is 2.50. The van der Waals surface area contributed by atoms with Gasteiger partial charge in [0.2, 0.25) is 5.91 Å². The monoisotopic (exact) mass is 276 g/mol. The van der Waals surface area contributed by atoms with Crippen LogP contribution in [0.15, 0.2) is 0 Å². The van der Waals surface area contributed by atoms with Crippen molar-refractivity contribution >= 4 is 18.3 Å². The van der Waals surface area contributed by atoms with Crippen LogP contribution in [0.2, 0.25) is 0 Å². The number of hydrogen-bond acceptors (Lipinski definition) is 3. The standard InChI is InChI=1S/C13H24N2O2.ClH/c1-17-9-3-5-13(16)15(12-6-7-12)10-11-4-2-8-14-11;/h11-12,14H,2-10H2,1H3;1H. The maximum Gasteiger partial charge on any atom is 0.222 e. The van der Waals surface area contributed by atoms with Crippen molar-refractivity contribution in [2.75, 3.05) is 26.8 Å². The Morgan fingerprint density at radius 3 is 2.72 bits per heavy atom. The van der Waals surface area contributed by atoms with E-state index in [2.05, 4.69) is 10.2 Å². The van der Waals surface area contributed by atoms with Crippen molar-refractivity contribution in [2.24, 2.45) is 0 Å². The van der Waals surface area contributed by atoms with Crippen LogP contribution in [-0.2, 0) is 9.53 Å². The lowest BCUT2D eigenvalue weighted by molar-refractivity contribution is -0.132. The average molecular weight is 277 g/mol. The van der Waals surface area contributed by atoms with Crippen LogP contribution in [0.5, 0.6) is 0 Å². The molecule has 2 fully saturated rings. The number of halogens is 1. The van der Waals surface area contributed by atoms with Gasteiger partial charge in [-0.1, -0.05) is 0 Å². The van der Waals surface area contributed by atoms with Gasteiger partial charge in [-0.3, -0.25) is 4.79 Å². The topological polar surface area (TPSA) is 41.6 Å². The molecule has 1 saturated heterocycles. The van der Waals surface area contributed by atoms with Crippen LogP contribution in [-0.4, -0.2) is 49.7 Å². The van der Waals surface area contributed by atoms with Crippen molar-refractivity contribution in [1.29, 1.82) is 0 Å². The number of carbonyl (C=O) groups is 1. The number of carbonyl (C=O) groups excluding carboxylic acids is 1. The number of methoxy groups -OCH3 is 1. The van der Waals surface area contributed by atoms with Crippen molar-refractivity contribution in [3.8, 4) is 0 Å². The number of rotatable bonds is 7. The maximum absolute atomic E-state index is 12.1. The van der Waals surface area contributed by atoms with Crippen LogP contribution in [0.3, 0.4) is 0 Å². The van der Waals surface area contributed by atoms with Gasteiger partial charge in [-0.15, -0.1) is 12.4 Å². The quantitative estimate of drug-likeness (QED) is 0.718. The summed E-state index contributed by atoms with van der Waals surface area (Å²) in [5.74, 6) is 0.318. The number of nitrogens with one attached hydrogen (secondary N) is 1. The van der Waals surface area contributed by atoms with Crippen molar-refractivity contribution in [2.45, 2.75) is 50.6 Å². The van der Waals surface area contributed by atoms with Gasteiger partial charge in [-0.2, -0.15) is 0 Å². The fourth-order valence-electron chi connectivity index (χ4n) is 2.50. The van der Waals surface area contributed by atoms with Crippen molar-refractivity contribution in [3.63, 3.8) is 0 Å². The zero-order valence-corrected chi connectivity index (χ0v) is 12.0. The first-order chi connectivity index (χ1) is 8.31. The van der Waals surface area contributed by atoms with Gasteiger partial charge in [-0.05, 0) is 38.6 Å². The largest absolute Gasteiger partial charge is 0.385 e. The van der Waals surface area contributed by atoms with Crippen molar-refractivity contribution in [1.82, 2.24) is 10.2 Å². The highest BCUT2D eigenvalue weighted by molar-refractivity contribution is 5.85. The molecule has 0 aromatic rings. The van der Waals surface area contributed by atoms with E-state index >= 15 is 0 Å². The second kappa shape index (κ2) is 7.97. The van der Waals surface area contributed by atoms with E-state index in [1.807, 2.05) is 0 Å². The van der Waals surface area contributed by atoms with E-state index in [0.29, 0.717) is 31.0 Å². The minimum absolute atomic E-state index is 0. The summed E-state index contributed by atoms with van der Waals surface area (Å²) in [6.07, 6.45) is 6.34. The normalized spacial score (nSPS) is 22.6. The molecule has 0 aromatic carbocycles. The molecule has 4 nitrogen and oxygen atoms in total. The molecule has 1 saturated carbocycles. The molecule has 1 heterocycles. The van der Waals surface area contributed by atoms with Gasteiger partial charge in [0.25, 0.3) is 0 Å². The second-order valence-electron chi connectivity index (χ2n) is 5.17. The molecule has 0 spiro atoms. The molecule has 0 bridgehead atoms. The molecule has 1 atom stereocenters. The lowest BCUT2D eigenvalue weighted by Gasteiger charge is -2.26. The molecule has 1 aliphatic carbocycles. The first-order valence-electron chi connectivity index (χ1n) is 6.83. The number of nitrogens with zero attached hydrogens (tertiary/aromatic N) is 1. The van der Waals surface area contributed by atoms with Crippen LogP contribution >= 0.6 is 12.4 Å². The summed E-state index contributed by atoms with van der Waals surface area (Å²) < 4.78 is 5.00. The third-order valence-corrected chi connectivity index (χ3v) is 3.63. The molecule has 1 unspecified atom stereocenters. The smallest absolute Gasteiger partial charge is 0.222 e. The Bertz CT molecular complexity index is 253. The highest BCUT2D eigenvalue weighted by Gasteiger charge is 2.33. The first-order valence-corrected chi connectivity index (χ1v) is 6.83. The van der Waals surface area contributed by atoms with E-state index in [1.54, 1.807) is 7.11 Å². The molecular weight excluding hydrogens is 252 g/mol. The lowest BCUT2D eigenvalue weighted by Crippen LogP contribution is -2.42. The molecular formula is C13H25ClN2O2. The van der Waals surface area contributed by atoms with Crippen LogP contribution in [0, 0.1) is 0 Å². The van der Waals surface area contributed by atoms with Gasteiger partial charge >= 0.3 is 0 Å². The Kier molecular flexibility index (Phi) is 6.97. The number of ether oxygens (including phenoxy) is 1. The number of hydrogen-bond donors (Lipinski definition) is 1. The Labute approximate surface area is 116 Å². The molecule has 2 rings (SSSR count). The van der Waals surface area contributed by atoms with Crippen LogP contribution < -0.4 is 5.32 Å². The van der Waals surface area contributed by atoms with Gasteiger partial charge in [0.15, 0.2) is 0 Å². The number of amides is 1. The Balaban J connectivity index is 0.00000162. The predicted octanol–water partition coefficient (Wildman–Crippen LogP) is 1.58. The lowest BCUT2D eigenvalue weighted by atomic mass is 10.2. The molecule has 2 aliphatic rings. The first kappa shape index (κ1) is 15.7. The Morgan fingerprint density at radius 2 is 2.17 bits per heavy atom. The van der Waals surface area contributed by atoms with E-state index in [1.165, 1.54) is 25.7 Å². The highest BCUT2D eigenvalue weighted by Crippen LogP contribution is 2.28. The fraction of sp³-hybridized carbons (Fsp3) is 0.923. The van der Waals surface area contributed by atoms with Crippen molar-refractivity contribution in [3.05, 3.63) is 0 Å². The predicted molar refractivity (Wildman–Crippen MR) is 74.1 cm³/mol. The van der Waals surface area contributed by atoms with Gasteiger partial charge < -0.3 is 15.0 Å². The summed E-state index contributed by atoms with van der Waals surface area (Å²) in [5.41, 5.74) is 0. The van der Waals surface area contributed by atoms with E-state index < -0.39 is 0 Å². The van der Waals surface area contributed by atoms with E-state index in [-0.39, 0.29) is 12.4 Å². The molecule has 1 amide bonds. The van der Waals surface area contributed by atoms with Crippen LogP contribution in [0.4, 0.5) is 0 Å². The van der Waals surface area contributed by atoms with Crippen LogP contribution in [0.1, 0.15) is 38.5 Å². The molecule has 106 valence electrons. The maximum atomic E-state index is 12.1. The van der Waals surface area contributed by atoms with E-state index in [9.17, 15) is 4.79 Å². The summed E-state index contributed by atoms with van der Waals surface area (Å²) in [4.78, 5) is 14.2. The molecule has 0 aromatic heterocycles. The van der Waals surface area contributed by atoms with Crippen LogP contribution in [0.25, 0.3) is 0 Å². The summed E-state index contributed by atoms with van der Waals surface area (Å²) in [6, 6.07) is 1.06. The zero-order chi connectivity index (χ0) is 12.1. The Hall–Kier alpha value is -0.320. The third-order valence-electron chi connectivity index (χ3n) is 3.63. The van der Waals surface area contributed by atoms with E-state index in [0.717, 1.165) is 19.5 Å². The molecule has 18 heavy (non-hydrogen) atoms. The molecule has 1 aliphatic heterocycles. The van der Waals surface area contributed by atoms with Gasteiger partial charge in [0.1, 0.15) is 0 Å². The summed E-state index contributed by atoms with van der Waals surface area (Å²) >= 11 is 0. The minimum atomic E-state index is 0. The van der Waals surface area contributed by atoms with Gasteiger partial charge in [0, 0.05) is 38.8 Å². The zero-order valence-electron chi connectivity index (χ0n) is 11.2. The minimum Gasteiger partial charge on any atom is -0.385 e. The average Bonchev–Trinajstić information content (AvgIpc) is 3.03. The SMILES string of the molecule is COCCCC(=O)N(CC1CCCN1)C1CC1.Cl. The summed E-state index contributed by atoms with van der Waals surface area (Å²) in [5, 5.41) is 3.47.